The van der Waals surface area contributed by atoms with Crippen LogP contribution < -0.4 is 0 Å². The number of methoxy groups -OCH3 is 2. The second-order valence-corrected chi connectivity index (χ2v) is 3.54. The Morgan fingerprint density at radius 2 is 2.00 bits per heavy atom. The lowest BCUT2D eigenvalue weighted by molar-refractivity contribution is -0.140. The molecule has 0 amide bonds. The molecule has 84 valence electrons. The predicted molar refractivity (Wildman–Crippen MR) is 56.6 cm³/mol. The maximum absolute atomic E-state index is 10.8. The first kappa shape index (κ1) is 13.7. The van der Waals surface area contributed by atoms with E-state index in [9.17, 15) is 4.79 Å². The summed E-state index contributed by atoms with van der Waals surface area (Å²) in [5, 5.41) is 0. The highest BCUT2D eigenvalue weighted by Gasteiger charge is 2.06. The van der Waals surface area contributed by atoms with Crippen molar-refractivity contribution in [1.82, 2.24) is 0 Å². The molecule has 0 spiro atoms. The van der Waals surface area contributed by atoms with Crippen molar-refractivity contribution in [2.45, 2.75) is 38.2 Å². The van der Waals surface area contributed by atoms with Crippen molar-refractivity contribution in [3.8, 4) is 0 Å². The topological polar surface area (TPSA) is 35.5 Å². The molecule has 0 N–H and O–H groups in total. The summed E-state index contributed by atoms with van der Waals surface area (Å²) in [4.78, 5) is 10.8. The van der Waals surface area contributed by atoms with Gasteiger partial charge in [0, 0.05) is 19.4 Å². The Labute approximate surface area is 90.7 Å². The van der Waals surface area contributed by atoms with Gasteiger partial charge in [-0.25, -0.2) is 0 Å². The minimum Gasteiger partial charge on any atom is -0.469 e. The summed E-state index contributed by atoms with van der Waals surface area (Å²) in [6, 6.07) is 0. The molecular weight excluding hydrogens is 204 g/mol. The molecule has 0 aliphatic heterocycles. The Bertz CT molecular complexity index is 150. The molecule has 0 bridgehead atoms. The third kappa shape index (κ3) is 7.15. The minimum absolute atomic E-state index is 0.142. The number of carbonyl (C=O) groups excluding carboxylic acids is 1. The van der Waals surface area contributed by atoms with Crippen LogP contribution >= 0.6 is 11.6 Å². The van der Waals surface area contributed by atoms with Gasteiger partial charge in [0.25, 0.3) is 0 Å². The fourth-order valence-corrected chi connectivity index (χ4v) is 1.49. The van der Waals surface area contributed by atoms with Gasteiger partial charge in [0.1, 0.15) is 0 Å². The van der Waals surface area contributed by atoms with Crippen molar-refractivity contribution in [2.24, 2.45) is 0 Å². The van der Waals surface area contributed by atoms with Crippen LogP contribution in [0, 0.1) is 0 Å². The van der Waals surface area contributed by atoms with E-state index in [1.807, 2.05) is 0 Å². The van der Waals surface area contributed by atoms with E-state index in [1.165, 1.54) is 7.11 Å². The summed E-state index contributed by atoms with van der Waals surface area (Å²) in [5.74, 6) is 0.478. The van der Waals surface area contributed by atoms with Crippen molar-refractivity contribution >= 4 is 17.6 Å². The van der Waals surface area contributed by atoms with Gasteiger partial charge in [0.2, 0.25) is 0 Å². The van der Waals surface area contributed by atoms with E-state index < -0.39 is 0 Å². The van der Waals surface area contributed by atoms with Gasteiger partial charge in [-0.15, -0.1) is 11.6 Å². The number of esters is 1. The summed E-state index contributed by atoms with van der Waals surface area (Å²) < 4.78 is 9.76. The van der Waals surface area contributed by atoms with Crippen LogP contribution in [0.25, 0.3) is 0 Å². The lowest BCUT2D eigenvalue weighted by Gasteiger charge is -2.12. The van der Waals surface area contributed by atoms with E-state index >= 15 is 0 Å². The molecule has 0 fully saturated rings. The van der Waals surface area contributed by atoms with E-state index in [2.05, 4.69) is 4.74 Å². The first-order valence-electron chi connectivity index (χ1n) is 4.90. The van der Waals surface area contributed by atoms with E-state index in [0.29, 0.717) is 12.3 Å². The standard InChI is InChI=1S/C10H19ClO3/c1-13-9(7-8-11)5-3-4-6-10(12)14-2/h9H,3-8H2,1-2H3. The molecule has 0 heterocycles. The first-order chi connectivity index (χ1) is 6.74. The smallest absolute Gasteiger partial charge is 0.305 e. The summed E-state index contributed by atoms with van der Waals surface area (Å²) in [7, 11) is 3.10. The number of carbonyl (C=O) groups is 1. The Morgan fingerprint density at radius 3 is 2.50 bits per heavy atom. The molecule has 0 aromatic carbocycles. The average molecular weight is 223 g/mol. The monoisotopic (exact) mass is 222 g/mol. The Hall–Kier alpha value is -0.280. The van der Waals surface area contributed by atoms with Crippen LogP contribution in [0.5, 0.6) is 0 Å². The summed E-state index contributed by atoms with van der Waals surface area (Å²) >= 11 is 5.61. The molecule has 0 radical (unpaired) electrons. The van der Waals surface area contributed by atoms with Crippen LogP contribution in [-0.2, 0) is 14.3 Å². The van der Waals surface area contributed by atoms with Crippen molar-refractivity contribution in [3.63, 3.8) is 0 Å². The molecule has 0 aromatic heterocycles. The lowest BCUT2D eigenvalue weighted by atomic mass is 10.1. The Balaban J connectivity index is 3.37. The zero-order valence-corrected chi connectivity index (χ0v) is 9.68. The van der Waals surface area contributed by atoms with Crippen molar-refractivity contribution in [3.05, 3.63) is 0 Å². The van der Waals surface area contributed by atoms with Gasteiger partial charge in [0.05, 0.1) is 13.2 Å². The molecule has 0 aromatic rings. The minimum atomic E-state index is -0.142. The third-order valence-electron chi connectivity index (χ3n) is 2.15. The van der Waals surface area contributed by atoms with Crippen LogP contribution in [0.1, 0.15) is 32.1 Å². The van der Waals surface area contributed by atoms with Crippen LogP contribution in [-0.4, -0.2) is 32.2 Å². The number of ether oxygens (including phenoxy) is 2. The molecule has 0 aliphatic carbocycles. The second-order valence-electron chi connectivity index (χ2n) is 3.16. The Kier molecular flexibility index (Phi) is 9.10. The highest BCUT2D eigenvalue weighted by molar-refractivity contribution is 6.17. The number of alkyl halides is 1. The average Bonchev–Trinajstić information content (AvgIpc) is 2.22. The van der Waals surface area contributed by atoms with E-state index in [1.54, 1.807) is 7.11 Å². The van der Waals surface area contributed by atoms with Crippen LogP contribution in [0.3, 0.4) is 0 Å². The van der Waals surface area contributed by atoms with Gasteiger partial charge in [-0.3, -0.25) is 4.79 Å². The highest BCUT2D eigenvalue weighted by atomic mass is 35.5. The highest BCUT2D eigenvalue weighted by Crippen LogP contribution is 2.10. The fraction of sp³-hybridized carbons (Fsp3) is 0.900. The van der Waals surface area contributed by atoms with Crippen molar-refractivity contribution in [1.29, 1.82) is 0 Å². The number of unbranched alkanes of at least 4 members (excludes halogenated alkanes) is 1. The molecule has 0 saturated heterocycles. The predicted octanol–water partition coefficient (Wildman–Crippen LogP) is 2.36. The van der Waals surface area contributed by atoms with Gasteiger partial charge in [0.15, 0.2) is 0 Å². The van der Waals surface area contributed by atoms with Gasteiger partial charge in [-0.1, -0.05) is 6.42 Å². The van der Waals surface area contributed by atoms with Gasteiger partial charge >= 0.3 is 5.97 Å². The van der Waals surface area contributed by atoms with Crippen LogP contribution in [0.15, 0.2) is 0 Å². The SMILES string of the molecule is COC(=O)CCCCC(CCCl)OC. The molecule has 14 heavy (non-hydrogen) atoms. The maximum atomic E-state index is 10.8. The van der Waals surface area contributed by atoms with Crippen molar-refractivity contribution in [2.75, 3.05) is 20.1 Å². The van der Waals surface area contributed by atoms with E-state index in [0.717, 1.165) is 25.7 Å². The molecule has 3 nitrogen and oxygen atoms in total. The maximum Gasteiger partial charge on any atom is 0.305 e. The van der Waals surface area contributed by atoms with Crippen molar-refractivity contribution < 1.29 is 14.3 Å². The molecule has 4 heteroatoms. The summed E-state index contributed by atoms with van der Waals surface area (Å²) in [6.07, 6.45) is 4.38. The number of hydrogen-bond acceptors (Lipinski definition) is 3. The van der Waals surface area contributed by atoms with Gasteiger partial charge in [-0.05, 0) is 19.3 Å². The normalized spacial score (nSPS) is 12.5. The number of halogens is 1. The van der Waals surface area contributed by atoms with E-state index in [-0.39, 0.29) is 12.1 Å². The van der Waals surface area contributed by atoms with Crippen LogP contribution in [0.2, 0.25) is 0 Å². The second kappa shape index (κ2) is 9.28. The largest absolute Gasteiger partial charge is 0.469 e. The zero-order valence-electron chi connectivity index (χ0n) is 8.92. The third-order valence-corrected chi connectivity index (χ3v) is 2.37. The fourth-order valence-electron chi connectivity index (χ4n) is 1.25. The molecule has 1 atom stereocenters. The van der Waals surface area contributed by atoms with E-state index in [4.69, 9.17) is 16.3 Å². The molecule has 0 rings (SSSR count). The number of hydrogen-bond donors (Lipinski definition) is 0. The first-order valence-corrected chi connectivity index (χ1v) is 5.43. The Morgan fingerprint density at radius 1 is 1.29 bits per heavy atom. The molecule has 0 saturated carbocycles. The summed E-state index contributed by atoms with van der Waals surface area (Å²) in [5.41, 5.74) is 0. The molecular formula is C10H19ClO3. The zero-order chi connectivity index (χ0) is 10.8. The van der Waals surface area contributed by atoms with Gasteiger partial charge < -0.3 is 9.47 Å². The lowest BCUT2D eigenvalue weighted by Crippen LogP contribution is -2.11. The molecule has 1 unspecified atom stereocenters. The van der Waals surface area contributed by atoms with Crippen LogP contribution in [0.4, 0.5) is 0 Å². The quantitative estimate of drug-likeness (QED) is 0.359. The number of rotatable bonds is 8. The summed E-state index contributed by atoms with van der Waals surface area (Å²) in [6.45, 7) is 0. The molecule has 0 aliphatic rings. The van der Waals surface area contributed by atoms with Gasteiger partial charge in [-0.2, -0.15) is 0 Å².